The maximum atomic E-state index is 4.20. The second-order valence-corrected chi connectivity index (χ2v) is 3.54. The van der Waals surface area contributed by atoms with E-state index in [-0.39, 0.29) is 0 Å². The van der Waals surface area contributed by atoms with Gasteiger partial charge in [-0.15, -0.1) is 0 Å². The molecule has 56 valence electrons. The normalized spacial score (nSPS) is 17.3. The Morgan fingerprint density at radius 3 is 1.56 bits per heavy atom. The molecule has 0 saturated carbocycles. The van der Waals surface area contributed by atoms with Crippen molar-refractivity contribution in [1.29, 1.82) is 0 Å². The van der Waals surface area contributed by atoms with Crippen molar-refractivity contribution in [1.82, 2.24) is 0 Å². The first-order valence-corrected chi connectivity index (χ1v) is 4.69. The monoisotopic (exact) mass is 164 g/mol. The molecule has 0 nitrogen and oxygen atoms in total. The van der Waals surface area contributed by atoms with E-state index >= 15 is 0 Å². The summed E-state index contributed by atoms with van der Waals surface area (Å²) in [7, 11) is 0. The molecule has 0 saturated heterocycles. The maximum Gasteiger partial charge on any atom is -0.00720 e. The van der Waals surface area contributed by atoms with E-state index in [2.05, 4.69) is 39.1 Å². The summed E-state index contributed by atoms with van der Waals surface area (Å²) in [6.07, 6.45) is 1.26. The van der Waals surface area contributed by atoms with Gasteiger partial charge in [0.05, 0.1) is 0 Å². The minimum absolute atomic E-state index is 0.746. The molecule has 0 rings (SSSR count). The van der Waals surface area contributed by atoms with Crippen LogP contribution in [-0.4, -0.2) is 11.5 Å². The molecule has 0 fully saturated rings. The highest BCUT2D eigenvalue weighted by Crippen LogP contribution is 2.13. The van der Waals surface area contributed by atoms with E-state index in [1.165, 1.54) is 6.42 Å². The van der Waals surface area contributed by atoms with Crippen LogP contribution in [0.1, 0.15) is 20.3 Å². The lowest BCUT2D eigenvalue weighted by molar-refractivity contribution is 0.482. The molecular formula is C7H16S2. The molecule has 2 unspecified atom stereocenters. The zero-order chi connectivity index (χ0) is 7.28. The Kier molecular flexibility index (Phi) is 5.91. The molecule has 0 bridgehead atoms. The smallest absolute Gasteiger partial charge is 0.00720 e. The third-order valence-corrected chi connectivity index (χ3v) is 2.67. The van der Waals surface area contributed by atoms with Gasteiger partial charge in [0.15, 0.2) is 0 Å². The molecule has 2 atom stereocenters. The fourth-order valence-corrected chi connectivity index (χ4v) is 1.13. The number of rotatable bonds is 4. The lowest BCUT2D eigenvalue weighted by atomic mass is 10.0. The van der Waals surface area contributed by atoms with E-state index in [4.69, 9.17) is 0 Å². The van der Waals surface area contributed by atoms with Gasteiger partial charge >= 0.3 is 0 Å². The van der Waals surface area contributed by atoms with Gasteiger partial charge in [-0.2, -0.15) is 25.3 Å². The molecule has 2 heteroatoms. The van der Waals surface area contributed by atoms with Gasteiger partial charge in [-0.25, -0.2) is 0 Å². The van der Waals surface area contributed by atoms with Gasteiger partial charge in [0.2, 0.25) is 0 Å². The van der Waals surface area contributed by atoms with E-state index in [0.29, 0.717) is 0 Å². The Labute approximate surface area is 69.2 Å². The van der Waals surface area contributed by atoms with Gasteiger partial charge in [-0.3, -0.25) is 0 Å². The second kappa shape index (κ2) is 5.48. The number of thiol groups is 2. The third kappa shape index (κ3) is 5.16. The second-order valence-electron chi connectivity index (χ2n) is 2.81. The van der Waals surface area contributed by atoms with Crippen LogP contribution in [0.3, 0.4) is 0 Å². The molecule has 0 heterocycles. The summed E-state index contributed by atoms with van der Waals surface area (Å²) in [5, 5.41) is 0. The van der Waals surface area contributed by atoms with E-state index in [0.717, 1.165) is 23.3 Å². The van der Waals surface area contributed by atoms with Gasteiger partial charge < -0.3 is 0 Å². The highest BCUT2D eigenvalue weighted by molar-refractivity contribution is 7.80. The molecule has 0 amide bonds. The molecule has 0 aliphatic carbocycles. The molecule has 0 radical (unpaired) electrons. The van der Waals surface area contributed by atoms with Crippen molar-refractivity contribution >= 4 is 25.3 Å². The fraction of sp³-hybridized carbons (Fsp3) is 1.00. The maximum absolute atomic E-state index is 4.20. The zero-order valence-corrected chi connectivity index (χ0v) is 7.96. The van der Waals surface area contributed by atoms with E-state index < -0.39 is 0 Å². The summed E-state index contributed by atoms with van der Waals surface area (Å²) in [6, 6.07) is 0. The van der Waals surface area contributed by atoms with Crippen LogP contribution < -0.4 is 0 Å². The van der Waals surface area contributed by atoms with Crippen molar-refractivity contribution in [3.8, 4) is 0 Å². The molecule has 0 aliphatic rings. The van der Waals surface area contributed by atoms with Crippen LogP contribution in [0.15, 0.2) is 0 Å². The highest BCUT2D eigenvalue weighted by Gasteiger charge is 2.04. The van der Waals surface area contributed by atoms with Gasteiger partial charge in [0, 0.05) is 0 Å². The summed E-state index contributed by atoms with van der Waals surface area (Å²) in [6.45, 7) is 4.46. The van der Waals surface area contributed by atoms with Crippen molar-refractivity contribution < 1.29 is 0 Å². The van der Waals surface area contributed by atoms with Crippen LogP contribution in [0.4, 0.5) is 0 Å². The Hall–Kier alpha value is 0.700. The molecular weight excluding hydrogens is 148 g/mol. The summed E-state index contributed by atoms with van der Waals surface area (Å²) >= 11 is 8.41. The highest BCUT2D eigenvalue weighted by atomic mass is 32.1. The van der Waals surface area contributed by atoms with Crippen LogP contribution in [-0.2, 0) is 0 Å². The summed E-state index contributed by atoms with van der Waals surface area (Å²) in [5.41, 5.74) is 0. The Morgan fingerprint density at radius 1 is 1.00 bits per heavy atom. The van der Waals surface area contributed by atoms with Crippen LogP contribution in [0.5, 0.6) is 0 Å². The van der Waals surface area contributed by atoms with Gasteiger partial charge in [-0.1, -0.05) is 13.8 Å². The third-order valence-electron chi connectivity index (χ3n) is 1.43. The molecule has 0 aromatic carbocycles. The van der Waals surface area contributed by atoms with Crippen molar-refractivity contribution in [3.63, 3.8) is 0 Å². The molecule has 0 spiro atoms. The Morgan fingerprint density at radius 2 is 1.33 bits per heavy atom. The number of hydrogen-bond acceptors (Lipinski definition) is 2. The first-order chi connectivity index (χ1) is 4.20. The van der Waals surface area contributed by atoms with Crippen LogP contribution in [0, 0.1) is 11.8 Å². The van der Waals surface area contributed by atoms with E-state index in [9.17, 15) is 0 Å². The summed E-state index contributed by atoms with van der Waals surface area (Å²) < 4.78 is 0. The quantitative estimate of drug-likeness (QED) is 0.586. The minimum Gasteiger partial charge on any atom is -0.179 e. The molecule has 0 aromatic heterocycles. The van der Waals surface area contributed by atoms with Crippen molar-refractivity contribution in [2.24, 2.45) is 11.8 Å². The fourth-order valence-electron chi connectivity index (χ4n) is 0.836. The van der Waals surface area contributed by atoms with Crippen LogP contribution in [0.25, 0.3) is 0 Å². The van der Waals surface area contributed by atoms with Crippen LogP contribution in [0.2, 0.25) is 0 Å². The first-order valence-electron chi connectivity index (χ1n) is 3.42. The van der Waals surface area contributed by atoms with Gasteiger partial charge in [-0.05, 0) is 29.8 Å². The van der Waals surface area contributed by atoms with E-state index in [1.54, 1.807) is 0 Å². The summed E-state index contributed by atoms with van der Waals surface area (Å²) in [5.74, 6) is 3.49. The molecule has 0 aromatic rings. The summed E-state index contributed by atoms with van der Waals surface area (Å²) in [4.78, 5) is 0. The molecule has 0 N–H and O–H groups in total. The standard InChI is InChI=1S/C7H16S2/c1-6(4-8)3-7(2)5-9/h6-9H,3-5H2,1-2H3. The van der Waals surface area contributed by atoms with E-state index in [1.807, 2.05) is 0 Å². The molecule has 9 heavy (non-hydrogen) atoms. The van der Waals surface area contributed by atoms with Gasteiger partial charge in [0.1, 0.15) is 0 Å². The first kappa shape index (κ1) is 9.70. The van der Waals surface area contributed by atoms with Gasteiger partial charge in [0.25, 0.3) is 0 Å². The lowest BCUT2D eigenvalue weighted by Gasteiger charge is -2.11. The minimum atomic E-state index is 0.746. The SMILES string of the molecule is CC(CS)CC(C)CS. The predicted octanol–water partition coefficient (Wildman–Crippen LogP) is 2.51. The van der Waals surface area contributed by atoms with Crippen LogP contribution >= 0.6 is 25.3 Å². The topological polar surface area (TPSA) is 0 Å². The molecule has 0 aliphatic heterocycles. The lowest BCUT2D eigenvalue weighted by Crippen LogP contribution is -2.05. The zero-order valence-electron chi connectivity index (χ0n) is 6.17. The largest absolute Gasteiger partial charge is 0.179 e. The van der Waals surface area contributed by atoms with Crippen molar-refractivity contribution in [3.05, 3.63) is 0 Å². The number of hydrogen-bond donors (Lipinski definition) is 2. The average Bonchev–Trinajstić information content (AvgIpc) is 1.87. The Bertz CT molecular complexity index is 55.9. The van der Waals surface area contributed by atoms with Crippen molar-refractivity contribution in [2.45, 2.75) is 20.3 Å². The predicted molar refractivity (Wildman–Crippen MR) is 50.7 cm³/mol. The van der Waals surface area contributed by atoms with Crippen molar-refractivity contribution in [2.75, 3.05) is 11.5 Å². The Balaban J connectivity index is 3.22. The average molecular weight is 164 g/mol.